The van der Waals surface area contributed by atoms with Crippen LogP contribution in [0.1, 0.15) is 113 Å². The molecule has 16 heteroatoms. The highest BCUT2D eigenvalue weighted by atomic mass is 16.2. The fourth-order valence-electron chi connectivity index (χ4n) is 8.73. The molecule has 2 aliphatic carbocycles. The molecular formula is C39H46N12O4. The van der Waals surface area contributed by atoms with E-state index >= 15 is 0 Å². The Hall–Kier alpha value is -6.06. The Morgan fingerprint density at radius 3 is 2.45 bits per heavy atom. The summed E-state index contributed by atoms with van der Waals surface area (Å²) in [7, 11) is 0. The number of aromatic nitrogens is 6. The number of primary amides is 2. The highest BCUT2D eigenvalue weighted by Gasteiger charge is 2.41. The molecule has 9 rings (SSSR count). The number of hydrogen-bond donors (Lipinski definition) is 4. The van der Waals surface area contributed by atoms with Crippen molar-refractivity contribution in [3.05, 3.63) is 81.6 Å². The zero-order chi connectivity index (χ0) is 38.5. The molecule has 6 heterocycles. The first-order valence-electron chi connectivity index (χ1n) is 19.1. The zero-order valence-corrected chi connectivity index (χ0v) is 31.3. The lowest BCUT2D eigenvalue weighted by Crippen LogP contribution is -2.52. The van der Waals surface area contributed by atoms with Crippen LogP contribution in [0.4, 0.5) is 5.95 Å². The second kappa shape index (κ2) is 14.3. The minimum absolute atomic E-state index is 0.00853. The Balaban J connectivity index is 1.19. The van der Waals surface area contributed by atoms with Gasteiger partial charge in [0, 0.05) is 41.9 Å². The second-order valence-corrected chi connectivity index (χ2v) is 14.9. The van der Waals surface area contributed by atoms with E-state index in [1.165, 1.54) is 0 Å². The number of aliphatic imine (C=N–C) groups is 1. The van der Waals surface area contributed by atoms with E-state index in [-0.39, 0.29) is 29.9 Å². The Morgan fingerprint density at radius 2 is 1.71 bits per heavy atom. The number of hydrogen-bond acceptors (Lipinski definition) is 9. The molecule has 16 nitrogen and oxygen atoms in total. The van der Waals surface area contributed by atoms with Crippen LogP contribution in [0, 0.1) is 13.8 Å². The summed E-state index contributed by atoms with van der Waals surface area (Å²) < 4.78 is 5.59. The third-order valence-electron chi connectivity index (χ3n) is 11.4. The number of amides is 4. The fraction of sp³-hybridized carbons (Fsp3) is 0.436. The lowest BCUT2D eigenvalue weighted by atomic mass is 9.88. The van der Waals surface area contributed by atoms with Gasteiger partial charge in [-0.05, 0) is 102 Å². The van der Waals surface area contributed by atoms with E-state index in [0.29, 0.717) is 71.6 Å². The molecule has 4 aromatic rings. The summed E-state index contributed by atoms with van der Waals surface area (Å²) in [5.41, 5.74) is 17.5. The molecule has 0 saturated heterocycles. The normalized spacial score (nSPS) is 21.8. The molecule has 0 spiro atoms. The van der Waals surface area contributed by atoms with Gasteiger partial charge in [-0.3, -0.25) is 39.2 Å². The number of anilines is 1. The van der Waals surface area contributed by atoms with Crippen LogP contribution in [0.3, 0.4) is 0 Å². The number of nitrogens with two attached hydrogens (primary N) is 2. The van der Waals surface area contributed by atoms with Crippen LogP contribution in [0.5, 0.6) is 0 Å². The van der Waals surface area contributed by atoms with E-state index < -0.39 is 11.8 Å². The molecule has 3 aliphatic heterocycles. The maximum absolute atomic E-state index is 14.3. The first-order valence-corrected chi connectivity index (χ1v) is 19.1. The van der Waals surface area contributed by atoms with E-state index in [1.54, 1.807) is 33.6 Å². The van der Waals surface area contributed by atoms with E-state index in [0.717, 1.165) is 67.4 Å². The van der Waals surface area contributed by atoms with Gasteiger partial charge in [0.05, 0.1) is 34.2 Å². The Morgan fingerprint density at radius 1 is 0.927 bits per heavy atom. The smallest absolute Gasteiger partial charge is 0.276 e. The van der Waals surface area contributed by atoms with Crippen molar-refractivity contribution >= 4 is 46.6 Å². The van der Waals surface area contributed by atoms with Crippen LogP contribution < -0.4 is 22.1 Å². The summed E-state index contributed by atoms with van der Waals surface area (Å²) in [6, 6.07) is 6.78. The van der Waals surface area contributed by atoms with Crippen molar-refractivity contribution < 1.29 is 19.2 Å². The van der Waals surface area contributed by atoms with Crippen molar-refractivity contribution in [1.29, 1.82) is 0 Å². The second-order valence-electron chi connectivity index (χ2n) is 14.9. The molecular weight excluding hydrogens is 701 g/mol. The minimum Gasteiger partial charge on any atom is -0.366 e. The molecule has 4 amide bonds. The molecule has 0 radical (unpaired) electrons. The first kappa shape index (κ1) is 35.9. The number of carbonyl (C=O) groups is 4. The highest BCUT2D eigenvalue weighted by Crippen LogP contribution is 2.40. The van der Waals surface area contributed by atoms with Crippen LogP contribution in [0.15, 0.2) is 52.7 Å². The van der Waals surface area contributed by atoms with E-state index in [2.05, 4.69) is 25.2 Å². The molecule has 1 fully saturated rings. The van der Waals surface area contributed by atoms with Crippen LogP contribution >= 0.6 is 0 Å². The monoisotopic (exact) mass is 746 g/mol. The molecule has 6 N–H and O–H groups in total. The number of fused-ring (bicyclic) bond motifs is 10. The van der Waals surface area contributed by atoms with E-state index in [1.807, 2.05) is 32.9 Å². The summed E-state index contributed by atoms with van der Waals surface area (Å²) >= 11 is 0. The van der Waals surface area contributed by atoms with Gasteiger partial charge in [-0.25, -0.2) is 9.98 Å². The van der Waals surface area contributed by atoms with Crippen molar-refractivity contribution in [3.8, 4) is 0 Å². The van der Waals surface area contributed by atoms with Crippen LogP contribution in [-0.2, 0) is 24.3 Å². The van der Waals surface area contributed by atoms with Crippen molar-refractivity contribution in [2.24, 2.45) is 16.5 Å². The topological polar surface area (TPSA) is 213 Å². The highest BCUT2D eigenvalue weighted by molar-refractivity contribution is 6.07. The average Bonchev–Trinajstić information content (AvgIpc) is 3.91. The van der Waals surface area contributed by atoms with Gasteiger partial charge in [0.25, 0.3) is 11.8 Å². The summed E-state index contributed by atoms with van der Waals surface area (Å²) in [4.78, 5) is 64.6. The van der Waals surface area contributed by atoms with E-state index in [9.17, 15) is 19.2 Å². The van der Waals surface area contributed by atoms with Crippen LogP contribution in [0.25, 0.3) is 11.0 Å². The molecule has 5 aliphatic rings. The summed E-state index contributed by atoms with van der Waals surface area (Å²) in [6.07, 6.45) is 10.1. The number of aryl methyl sites for hydroxylation is 4. The van der Waals surface area contributed by atoms with Crippen molar-refractivity contribution in [3.63, 3.8) is 0 Å². The van der Waals surface area contributed by atoms with Crippen LogP contribution in [-0.4, -0.2) is 75.7 Å². The summed E-state index contributed by atoms with van der Waals surface area (Å²) in [6.45, 7) is 6.84. The standard InChI is InChI=1S/C39H46N12O4/c1-4-48-33-27(22(3)47-48)8-6-5-7-17-49-32(18-21(2)46-49)36(54)44-38-42-28-19-23(34(40)52)9-15-30(28)50(38)25-11-13-26(14-12-25)51-31-16-10-24(35(41)53)20-29(31)43-39(51)45-37(33)55/h9-10,16,18-20,25-26,30H,4-8,11-15,17H2,1-3H3,(H2,40,52)(H2,41,53)(H,42,44,54)(H,43,45,55)/t25-,26-,30?. The zero-order valence-electron chi connectivity index (χ0n) is 31.3. The number of nitrogens with one attached hydrogen (secondary N) is 2. The number of benzene rings is 1. The van der Waals surface area contributed by atoms with E-state index in [4.69, 9.17) is 26.5 Å². The number of imidazole rings is 1. The lowest BCUT2D eigenvalue weighted by molar-refractivity contribution is -0.114. The quantitative estimate of drug-likeness (QED) is 0.242. The SMILES string of the molecule is CCn1nc(C)c2c1C(=O)Nc1nc3cc(C(N)=O)ccc3n1[C@H]1CC[C@@H](CC1)N1C(=NC3=CC(C(N)=O)=CCC31)NC(=O)c1cc(C)nn1CCCCC2. The largest absolute Gasteiger partial charge is 0.366 e. The maximum atomic E-state index is 14.3. The third-order valence-corrected chi connectivity index (χ3v) is 11.4. The van der Waals surface area contributed by atoms with Crippen molar-refractivity contribution in [2.45, 2.75) is 110 Å². The fourth-order valence-corrected chi connectivity index (χ4v) is 8.73. The van der Waals surface area contributed by atoms with Gasteiger partial charge in [0.1, 0.15) is 11.4 Å². The van der Waals surface area contributed by atoms with Crippen LogP contribution in [0.2, 0.25) is 0 Å². The summed E-state index contributed by atoms with van der Waals surface area (Å²) in [5.74, 6) is -0.828. The average molecular weight is 747 g/mol. The number of nitrogens with zero attached hydrogens (tertiary/aromatic N) is 8. The molecule has 55 heavy (non-hydrogen) atoms. The van der Waals surface area contributed by atoms with Gasteiger partial charge in [-0.2, -0.15) is 10.2 Å². The predicted molar refractivity (Wildman–Crippen MR) is 205 cm³/mol. The van der Waals surface area contributed by atoms with Crippen molar-refractivity contribution in [2.75, 3.05) is 5.32 Å². The molecule has 1 atom stereocenters. The molecule has 3 aromatic heterocycles. The molecule has 1 unspecified atom stereocenters. The molecule has 1 aromatic carbocycles. The van der Waals surface area contributed by atoms with Gasteiger partial charge < -0.3 is 20.9 Å². The summed E-state index contributed by atoms with van der Waals surface area (Å²) in [5, 5.41) is 15.7. The lowest BCUT2D eigenvalue weighted by Gasteiger charge is -2.40. The van der Waals surface area contributed by atoms with Gasteiger partial charge >= 0.3 is 0 Å². The Labute approximate surface area is 317 Å². The maximum Gasteiger partial charge on any atom is 0.276 e. The first-order chi connectivity index (χ1) is 26.5. The number of carbonyl (C=O) groups excluding carboxylic acids is 4. The predicted octanol–water partition coefficient (Wildman–Crippen LogP) is 3.80. The third kappa shape index (κ3) is 6.59. The molecule has 286 valence electrons. The molecule has 2 bridgehead atoms. The van der Waals surface area contributed by atoms with Gasteiger partial charge in [-0.15, -0.1) is 0 Å². The number of rotatable bonds is 3. The van der Waals surface area contributed by atoms with Gasteiger partial charge in [-0.1, -0.05) is 12.5 Å². The molecule has 1 saturated carbocycles. The van der Waals surface area contributed by atoms with Gasteiger partial charge in [0.15, 0.2) is 0 Å². The van der Waals surface area contributed by atoms with Gasteiger partial charge in [0.2, 0.25) is 23.7 Å². The number of guanidine groups is 1. The van der Waals surface area contributed by atoms with Crippen molar-refractivity contribution in [1.82, 2.24) is 39.3 Å². The minimum atomic E-state index is -0.558. The Kier molecular flexibility index (Phi) is 9.35. The Bertz CT molecular complexity index is 2330.